The van der Waals surface area contributed by atoms with Crippen LogP contribution < -0.4 is 0 Å². The van der Waals surface area contributed by atoms with Gasteiger partial charge in [-0.15, -0.1) is 0 Å². The normalized spacial score (nSPS) is 12.6. The number of esters is 3. The molecule has 6 nitrogen and oxygen atoms in total. The molecule has 0 aliphatic heterocycles. The fraction of sp³-hybridized carbons (Fsp3) is 0.746. The van der Waals surface area contributed by atoms with Crippen LogP contribution in [0.4, 0.5) is 0 Å². The van der Waals surface area contributed by atoms with Crippen LogP contribution in [0.5, 0.6) is 0 Å². The van der Waals surface area contributed by atoms with Gasteiger partial charge in [-0.05, 0) is 109 Å². The zero-order valence-corrected chi connectivity index (χ0v) is 42.7. The van der Waals surface area contributed by atoms with E-state index in [-0.39, 0.29) is 31.1 Å². The maximum atomic E-state index is 12.8. The van der Waals surface area contributed by atoms with Crippen LogP contribution >= 0.6 is 0 Å². The molecule has 0 spiro atoms. The Morgan fingerprint density at radius 3 is 0.985 bits per heavy atom. The van der Waals surface area contributed by atoms with Crippen molar-refractivity contribution < 1.29 is 28.6 Å². The molecule has 65 heavy (non-hydrogen) atoms. The Morgan fingerprint density at radius 1 is 0.323 bits per heavy atom. The van der Waals surface area contributed by atoms with Crippen LogP contribution in [0.2, 0.25) is 0 Å². The number of carbonyl (C=O) groups excluding carboxylic acids is 3. The fourth-order valence-electron chi connectivity index (χ4n) is 7.54. The van der Waals surface area contributed by atoms with Crippen molar-refractivity contribution in [2.75, 3.05) is 13.2 Å². The lowest BCUT2D eigenvalue weighted by atomic mass is 10.1. The Kier molecular flexibility index (Phi) is 50.9. The Bertz CT molecular complexity index is 1230. The summed E-state index contributed by atoms with van der Waals surface area (Å²) < 4.78 is 16.8. The number of hydrogen-bond donors (Lipinski definition) is 0. The molecule has 0 unspecified atom stereocenters. The molecule has 0 saturated heterocycles. The van der Waals surface area contributed by atoms with Gasteiger partial charge in [-0.1, -0.05) is 209 Å². The van der Waals surface area contributed by atoms with Crippen molar-refractivity contribution in [1.29, 1.82) is 0 Å². The molecule has 0 radical (unpaired) electrons. The van der Waals surface area contributed by atoms with E-state index in [2.05, 4.69) is 93.7 Å². The van der Waals surface area contributed by atoms with Gasteiger partial charge in [-0.25, -0.2) is 0 Å². The first kappa shape index (κ1) is 61.9. The minimum atomic E-state index is -0.790. The molecule has 0 heterocycles. The highest BCUT2D eigenvalue weighted by atomic mass is 16.6. The van der Waals surface area contributed by atoms with E-state index < -0.39 is 6.10 Å². The van der Waals surface area contributed by atoms with Gasteiger partial charge in [-0.2, -0.15) is 0 Å². The maximum Gasteiger partial charge on any atom is 0.306 e. The van der Waals surface area contributed by atoms with E-state index in [0.29, 0.717) is 19.3 Å². The van der Waals surface area contributed by atoms with Crippen molar-refractivity contribution in [2.24, 2.45) is 0 Å². The van der Waals surface area contributed by atoms with Crippen molar-refractivity contribution in [3.05, 3.63) is 72.9 Å². The number of carbonyl (C=O) groups is 3. The Balaban J connectivity index is 4.43. The summed E-state index contributed by atoms with van der Waals surface area (Å²) in [5.41, 5.74) is 0. The molecule has 0 N–H and O–H groups in total. The van der Waals surface area contributed by atoms with Crippen LogP contribution in [0.3, 0.4) is 0 Å². The van der Waals surface area contributed by atoms with Crippen LogP contribution in [0.15, 0.2) is 72.9 Å². The molecule has 0 aromatic carbocycles. The van der Waals surface area contributed by atoms with Gasteiger partial charge in [0.15, 0.2) is 6.10 Å². The van der Waals surface area contributed by atoms with Crippen LogP contribution in [0.1, 0.15) is 265 Å². The minimum absolute atomic E-state index is 0.0884. The third-order valence-corrected chi connectivity index (χ3v) is 11.7. The average Bonchev–Trinajstić information content (AvgIpc) is 3.30. The van der Waals surface area contributed by atoms with Crippen molar-refractivity contribution in [3.63, 3.8) is 0 Å². The van der Waals surface area contributed by atoms with Crippen LogP contribution in [-0.2, 0) is 28.6 Å². The summed E-state index contributed by atoms with van der Waals surface area (Å²) in [6, 6.07) is 0. The second-order valence-corrected chi connectivity index (χ2v) is 18.1. The van der Waals surface area contributed by atoms with E-state index in [9.17, 15) is 14.4 Å². The standard InChI is InChI=1S/C59H102O6/c1-4-7-10-13-16-19-22-25-28-29-32-35-38-41-44-47-50-53-59(62)65-56(54-63-57(60)51-48-45-42-39-36-33-30-26-23-20-17-14-11-8-5-2)55-64-58(61)52-49-46-43-40-37-34-31-27-24-21-18-15-12-9-6-3/h8,11,16-17,19-20,25-28,30-31,56H,4-7,9-10,12-15,18,21-24,29,32-55H2,1-3H3/b11-8-,19-16-,20-17-,28-25-,30-26-,31-27-/t56-/m1/s1. The highest BCUT2D eigenvalue weighted by molar-refractivity contribution is 5.71. The van der Waals surface area contributed by atoms with Gasteiger partial charge in [-0.3, -0.25) is 14.4 Å². The van der Waals surface area contributed by atoms with Gasteiger partial charge in [0, 0.05) is 19.3 Å². The number of hydrogen-bond acceptors (Lipinski definition) is 6. The lowest BCUT2D eigenvalue weighted by molar-refractivity contribution is -0.167. The minimum Gasteiger partial charge on any atom is -0.462 e. The van der Waals surface area contributed by atoms with E-state index in [4.69, 9.17) is 14.2 Å². The van der Waals surface area contributed by atoms with Gasteiger partial charge in [0.25, 0.3) is 0 Å². The molecule has 0 aromatic rings. The highest BCUT2D eigenvalue weighted by Crippen LogP contribution is 2.14. The van der Waals surface area contributed by atoms with Gasteiger partial charge < -0.3 is 14.2 Å². The second-order valence-electron chi connectivity index (χ2n) is 18.1. The summed E-state index contributed by atoms with van der Waals surface area (Å²) in [6.07, 6.45) is 67.4. The molecule has 0 saturated carbocycles. The third-order valence-electron chi connectivity index (χ3n) is 11.7. The topological polar surface area (TPSA) is 78.9 Å². The van der Waals surface area contributed by atoms with Crippen LogP contribution in [0, 0.1) is 0 Å². The number of unbranched alkanes of at least 4 members (excludes halogenated alkanes) is 26. The lowest BCUT2D eigenvalue weighted by Crippen LogP contribution is -2.30. The van der Waals surface area contributed by atoms with Crippen molar-refractivity contribution >= 4 is 17.9 Å². The molecule has 0 bridgehead atoms. The molecule has 0 aromatic heterocycles. The molecule has 0 fully saturated rings. The summed E-state index contributed by atoms with van der Waals surface area (Å²) in [4.78, 5) is 38.1. The zero-order valence-electron chi connectivity index (χ0n) is 42.7. The first-order valence-corrected chi connectivity index (χ1v) is 27.4. The largest absolute Gasteiger partial charge is 0.462 e. The third kappa shape index (κ3) is 51.7. The Hall–Kier alpha value is -3.15. The zero-order chi connectivity index (χ0) is 47.2. The van der Waals surface area contributed by atoms with Gasteiger partial charge in [0.2, 0.25) is 0 Å². The summed E-state index contributed by atoms with van der Waals surface area (Å²) in [7, 11) is 0. The van der Waals surface area contributed by atoms with Crippen molar-refractivity contribution in [2.45, 2.75) is 271 Å². The van der Waals surface area contributed by atoms with Crippen LogP contribution in [-0.4, -0.2) is 37.2 Å². The molecule has 0 amide bonds. The quantitative estimate of drug-likeness (QED) is 0.0262. The van der Waals surface area contributed by atoms with E-state index >= 15 is 0 Å². The molecule has 0 rings (SSSR count). The smallest absolute Gasteiger partial charge is 0.306 e. The summed E-state index contributed by atoms with van der Waals surface area (Å²) >= 11 is 0. The van der Waals surface area contributed by atoms with Gasteiger partial charge in [0.05, 0.1) is 0 Å². The van der Waals surface area contributed by atoms with E-state index in [1.165, 1.54) is 109 Å². The average molecular weight is 907 g/mol. The molecular formula is C59H102O6. The first-order chi connectivity index (χ1) is 32.0. The monoisotopic (exact) mass is 907 g/mol. The summed E-state index contributed by atoms with van der Waals surface area (Å²) in [6.45, 7) is 6.48. The summed E-state index contributed by atoms with van der Waals surface area (Å²) in [5.74, 6) is -0.916. The van der Waals surface area contributed by atoms with Crippen molar-refractivity contribution in [1.82, 2.24) is 0 Å². The van der Waals surface area contributed by atoms with Gasteiger partial charge >= 0.3 is 17.9 Å². The second kappa shape index (κ2) is 53.5. The Morgan fingerprint density at radius 2 is 0.600 bits per heavy atom. The number of allylic oxidation sites excluding steroid dienone is 12. The predicted octanol–water partition coefficient (Wildman–Crippen LogP) is 18.2. The molecule has 0 aliphatic carbocycles. The van der Waals surface area contributed by atoms with Crippen molar-refractivity contribution in [3.8, 4) is 0 Å². The molecular weight excluding hydrogens is 805 g/mol. The number of rotatable bonds is 49. The molecule has 0 aliphatic rings. The predicted molar refractivity (Wildman–Crippen MR) is 279 cm³/mol. The van der Waals surface area contributed by atoms with E-state index in [0.717, 1.165) is 116 Å². The van der Waals surface area contributed by atoms with E-state index in [1.807, 2.05) is 0 Å². The van der Waals surface area contributed by atoms with E-state index in [1.54, 1.807) is 0 Å². The Labute approximate surface area is 402 Å². The molecule has 1 atom stereocenters. The SMILES string of the molecule is CC/C=C\C/C=C\C/C=C\CCCCCCCC(=O)OC[C@H](COC(=O)CCCCCCC/C=C\CCCCCCCC)OC(=O)CCCCCCCCC/C=C\C/C=C\CCCCC. The highest BCUT2D eigenvalue weighted by Gasteiger charge is 2.19. The summed E-state index contributed by atoms with van der Waals surface area (Å²) in [5, 5.41) is 0. The lowest BCUT2D eigenvalue weighted by Gasteiger charge is -2.18. The molecule has 6 heteroatoms. The van der Waals surface area contributed by atoms with Crippen LogP contribution in [0.25, 0.3) is 0 Å². The van der Waals surface area contributed by atoms with Gasteiger partial charge in [0.1, 0.15) is 13.2 Å². The fourth-order valence-corrected chi connectivity index (χ4v) is 7.54. The maximum absolute atomic E-state index is 12.8. The number of ether oxygens (including phenoxy) is 3. The first-order valence-electron chi connectivity index (χ1n) is 27.4. The molecule has 374 valence electrons.